The molecule has 0 heterocycles. The van der Waals surface area contributed by atoms with Crippen LogP contribution in [0.2, 0.25) is 0 Å². The summed E-state index contributed by atoms with van der Waals surface area (Å²) in [6.07, 6.45) is 0. The molecule has 0 unspecified atom stereocenters. The van der Waals surface area contributed by atoms with E-state index in [1.54, 1.807) is 18.2 Å². The summed E-state index contributed by atoms with van der Waals surface area (Å²) in [6, 6.07) is 3.64. The third kappa shape index (κ3) is 3.54. The molecule has 5 nitrogen and oxygen atoms in total. The van der Waals surface area contributed by atoms with Crippen LogP contribution in [0.3, 0.4) is 0 Å². The molecule has 0 aliphatic carbocycles. The van der Waals surface area contributed by atoms with Gasteiger partial charge in [-0.25, -0.2) is 4.79 Å². The van der Waals surface area contributed by atoms with E-state index in [0.717, 1.165) is 10.0 Å². The van der Waals surface area contributed by atoms with Crippen molar-refractivity contribution in [3.05, 3.63) is 33.8 Å². The molecule has 1 aromatic carbocycles. The van der Waals surface area contributed by atoms with Crippen LogP contribution in [0.25, 0.3) is 0 Å². The lowest BCUT2D eigenvalue weighted by Gasteiger charge is -2.12. The van der Waals surface area contributed by atoms with Crippen molar-refractivity contribution in [2.45, 2.75) is 13.0 Å². The highest BCUT2D eigenvalue weighted by molar-refractivity contribution is 9.10. The molecule has 17 heavy (non-hydrogen) atoms. The van der Waals surface area contributed by atoms with E-state index >= 15 is 0 Å². The van der Waals surface area contributed by atoms with E-state index in [1.807, 2.05) is 6.92 Å². The summed E-state index contributed by atoms with van der Waals surface area (Å²) in [4.78, 5) is 22.3. The number of carbonyl (C=O) groups excluding carboxylic acids is 1. The third-order valence-corrected chi connectivity index (χ3v) is 3.07. The van der Waals surface area contributed by atoms with Crippen molar-refractivity contribution >= 4 is 27.8 Å². The predicted octanol–water partition coefficient (Wildman–Crippen LogP) is 0.933. The van der Waals surface area contributed by atoms with Crippen molar-refractivity contribution in [2.24, 2.45) is 0 Å². The summed E-state index contributed by atoms with van der Waals surface area (Å²) < 4.78 is 0.765. The highest BCUT2D eigenvalue weighted by atomic mass is 79.9. The van der Waals surface area contributed by atoms with Gasteiger partial charge < -0.3 is 15.5 Å². The van der Waals surface area contributed by atoms with Crippen LogP contribution >= 0.6 is 15.9 Å². The molecule has 0 radical (unpaired) electrons. The molecule has 0 bridgehead atoms. The van der Waals surface area contributed by atoms with E-state index in [-0.39, 0.29) is 0 Å². The number of aliphatic hydroxyl groups is 1. The molecule has 3 N–H and O–H groups in total. The smallest absolute Gasteiger partial charge is 0.328 e. The molecule has 0 aromatic heterocycles. The Bertz CT molecular complexity index is 447. The van der Waals surface area contributed by atoms with Crippen molar-refractivity contribution in [1.29, 1.82) is 0 Å². The van der Waals surface area contributed by atoms with Crippen LogP contribution in [-0.2, 0) is 4.79 Å². The minimum absolute atomic E-state index is 0.335. The number of carboxylic acids is 1. The number of carboxylic acid groups (broad SMARTS) is 1. The number of hydrogen-bond donors (Lipinski definition) is 3. The molecule has 0 saturated carbocycles. The van der Waals surface area contributed by atoms with Gasteiger partial charge in [-0.1, -0.05) is 22.0 Å². The lowest BCUT2D eigenvalue weighted by Crippen LogP contribution is -2.43. The van der Waals surface area contributed by atoms with E-state index < -0.39 is 24.5 Å². The highest BCUT2D eigenvalue weighted by Gasteiger charge is 2.19. The first-order valence-corrected chi connectivity index (χ1v) is 5.65. The molecule has 0 aliphatic rings. The Labute approximate surface area is 107 Å². The first-order chi connectivity index (χ1) is 7.95. The van der Waals surface area contributed by atoms with Gasteiger partial charge in [-0.05, 0) is 24.6 Å². The average molecular weight is 302 g/mol. The molecular weight excluding hydrogens is 290 g/mol. The normalized spacial score (nSPS) is 11.9. The van der Waals surface area contributed by atoms with Crippen LogP contribution in [0.4, 0.5) is 0 Å². The number of amides is 1. The summed E-state index contributed by atoms with van der Waals surface area (Å²) in [7, 11) is 0. The number of benzene rings is 1. The fourth-order valence-corrected chi connectivity index (χ4v) is 1.54. The van der Waals surface area contributed by atoms with Gasteiger partial charge in [0.2, 0.25) is 0 Å². The van der Waals surface area contributed by atoms with Gasteiger partial charge in [0.15, 0.2) is 6.04 Å². The SMILES string of the molecule is Cc1ccc(C(=O)N[C@H](CO)C(=O)O)cc1Br. The Kier molecular flexibility index (Phi) is 4.65. The van der Waals surface area contributed by atoms with E-state index in [1.165, 1.54) is 0 Å². The molecule has 6 heteroatoms. The zero-order chi connectivity index (χ0) is 13.0. The van der Waals surface area contributed by atoms with Gasteiger partial charge in [-0.15, -0.1) is 0 Å². The summed E-state index contributed by atoms with van der Waals surface area (Å²) in [5, 5.41) is 19.7. The zero-order valence-electron chi connectivity index (χ0n) is 9.11. The van der Waals surface area contributed by atoms with Gasteiger partial charge >= 0.3 is 5.97 Å². The predicted molar refractivity (Wildman–Crippen MR) is 64.9 cm³/mol. The lowest BCUT2D eigenvalue weighted by molar-refractivity contribution is -0.140. The summed E-state index contributed by atoms with van der Waals surface area (Å²) >= 11 is 3.28. The van der Waals surface area contributed by atoms with Gasteiger partial charge in [0.25, 0.3) is 5.91 Å². The maximum absolute atomic E-state index is 11.7. The summed E-state index contributed by atoms with van der Waals surface area (Å²) in [6.45, 7) is 1.23. The van der Waals surface area contributed by atoms with Crippen LogP contribution < -0.4 is 5.32 Å². The Morgan fingerprint density at radius 2 is 2.12 bits per heavy atom. The molecule has 92 valence electrons. The number of carbonyl (C=O) groups is 2. The first kappa shape index (κ1) is 13.7. The van der Waals surface area contributed by atoms with Crippen molar-refractivity contribution in [1.82, 2.24) is 5.32 Å². The number of nitrogens with one attached hydrogen (secondary N) is 1. The maximum Gasteiger partial charge on any atom is 0.328 e. The first-order valence-electron chi connectivity index (χ1n) is 4.86. The van der Waals surface area contributed by atoms with E-state index in [2.05, 4.69) is 21.2 Å². The van der Waals surface area contributed by atoms with Crippen molar-refractivity contribution in [3.8, 4) is 0 Å². The van der Waals surface area contributed by atoms with Crippen LogP contribution in [0.15, 0.2) is 22.7 Å². The quantitative estimate of drug-likeness (QED) is 0.772. The van der Waals surface area contributed by atoms with E-state index in [9.17, 15) is 9.59 Å². The second-order valence-corrected chi connectivity index (χ2v) is 4.37. The number of aliphatic hydroxyl groups excluding tert-OH is 1. The number of aliphatic carboxylic acids is 1. The zero-order valence-corrected chi connectivity index (χ0v) is 10.7. The van der Waals surface area contributed by atoms with E-state index in [0.29, 0.717) is 5.56 Å². The van der Waals surface area contributed by atoms with Crippen LogP contribution in [0.1, 0.15) is 15.9 Å². The van der Waals surface area contributed by atoms with Gasteiger partial charge in [-0.2, -0.15) is 0 Å². The fraction of sp³-hybridized carbons (Fsp3) is 0.273. The minimum atomic E-state index is -1.29. The van der Waals surface area contributed by atoms with Gasteiger partial charge in [0, 0.05) is 10.0 Å². The number of rotatable bonds is 4. The standard InChI is InChI=1S/C11H12BrNO4/c1-6-2-3-7(4-8(6)12)10(15)13-9(5-14)11(16)17/h2-4,9,14H,5H2,1H3,(H,13,15)(H,16,17)/t9-/m1/s1. The molecule has 0 aliphatic heterocycles. The molecule has 1 atom stereocenters. The van der Waals surface area contributed by atoms with Crippen molar-refractivity contribution in [3.63, 3.8) is 0 Å². The largest absolute Gasteiger partial charge is 0.480 e. The van der Waals surface area contributed by atoms with E-state index in [4.69, 9.17) is 10.2 Å². The molecule has 0 spiro atoms. The number of halogens is 1. The molecule has 1 aromatic rings. The highest BCUT2D eigenvalue weighted by Crippen LogP contribution is 2.17. The Hall–Kier alpha value is -1.40. The number of aryl methyl sites for hydroxylation is 1. The van der Waals surface area contributed by atoms with Gasteiger partial charge in [0.05, 0.1) is 6.61 Å². The van der Waals surface area contributed by atoms with Crippen LogP contribution in [-0.4, -0.2) is 34.7 Å². The van der Waals surface area contributed by atoms with Crippen molar-refractivity contribution in [2.75, 3.05) is 6.61 Å². The van der Waals surface area contributed by atoms with Crippen molar-refractivity contribution < 1.29 is 19.8 Å². The molecule has 0 fully saturated rings. The summed E-state index contributed by atoms with van der Waals surface area (Å²) in [5.41, 5.74) is 1.31. The molecule has 0 saturated heterocycles. The molecule has 1 amide bonds. The topological polar surface area (TPSA) is 86.6 Å². The monoisotopic (exact) mass is 301 g/mol. The fourth-order valence-electron chi connectivity index (χ4n) is 1.16. The Balaban J connectivity index is 2.82. The average Bonchev–Trinajstić information content (AvgIpc) is 2.28. The van der Waals surface area contributed by atoms with Crippen LogP contribution in [0, 0.1) is 6.92 Å². The summed E-state index contributed by atoms with van der Waals surface area (Å²) in [5.74, 6) is -1.81. The Morgan fingerprint density at radius 3 is 2.59 bits per heavy atom. The third-order valence-electron chi connectivity index (χ3n) is 2.22. The second-order valence-electron chi connectivity index (χ2n) is 3.51. The maximum atomic E-state index is 11.7. The molecular formula is C11H12BrNO4. The second kappa shape index (κ2) is 5.79. The Morgan fingerprint density at radius 1 is 1.47 bits per heavy atom. The lowest BCUT2D eigenvalue weighted by atomic mass is 10.1. The minimum Gasteiger partial charge on any atom is -0.480 e. The van der Waals surface area contributed by atoms with Gasteiger partial charge in [-0.3, -0.25) is 4.79 Å². The van der Waals surface area contributed by atoms with Gasteiger partial charge in [0.1, 0.15) is 0 Å². The number of hydrogen-bond acceptors (Lipinski definition) is 3. The van der Waals surface area contributed by atoms with Crippen LogP contribution in [0.5, 0.6) is 0 Å². The molecule has 1 rings (SSSR count).